The molecule has 0 fully saturated rings. The number of nitrogens with one attached hydrogen (secondary N) is 1. The predicted octanol–water partition coefficient (Wildman–Crippen LogP) is 4.75. The van der Waals surface area contributed by atoms with E-state index in [-0.39, 0.29) is 5.56 Å². The lowest BCUT2D eigenvalue weighted by molar-refractivity contribution is 0.102. The number of halogens is 1. The van der Waals surface area contributed by atoms with Gasteiger partial charge in [0.2, 0.25) is 0 Å². The van der Waals surface area contributed by atoms with Crippen LogP contribution in [0.2, 0.25) is 0 Å². The molecule has 25 heavy (non-hydrogen) atoms. The fourth-order valence-corrected chi connectivity index (χ4v) is 3.50. The first-order chi connectivity index (χ1) is 12.2. The lowest BCUT2D eigenvalue weighted by Gasteiger charge is -2.09. The minimum Gasteiger partial charge on any atom is -0.321 e. The molecule has 4 nitrogen and oxygen atoms in total. The molecule has 0 aliphatic carbocycles. The SMILES string of the molecule is O=C(Nc1ccccc1-c1nc2ccccc2s1)c1cncc(F)c1. The third-order valence-electron chi connectivity index (χ3n) is 3.67. The Morgan fingerprint density at radius 2 is 1.84 bits per heavy atom. The predicted molar refractivity (Wildman–Crippen MR) is 97.2 cm³/mol. The number of nitrogens with zero attached hydrogens (tertiary/aromatic N) is 2. The van der Waals surface area contributed by atoms with E-state index in [2.05, 4.69) is 15.3 Å². The highest BCUT2D eigenvalue weighted by Crippen LogP contribution is 2.34. The molecule has 6 heteroatoms. The minimum absolute atomic E-state index is 0.166. The van der Waals surface area contributed by atoms with Crippen LogP contribution in [0.1, 0.15) is 10.4 Å². The van der Waals surface area contributed by atoms with Gasteiger partial charge in [0.1, 0.15) is 10.8 Å². The molecule has 2 heterocycles. The van der Waals surface area contributed by atoms with Crippen LogP contribution in [-0.4, -0.2) is 15.9 Å². The van der Waals surface area contributed by atoms with E-state index in [1.807, 2.05) is 42.5 Å². The summed E-state index contributed by atoms with van der Waals surface area (Å²) in [4.78, 5) is 20.7. The summed E-state index contributed by atoms with van der Waals surface area (Å²) >= 11 is 1.56. The lowest BCUT2D eigenvalue weighted by Crippen LogP contribution is -2.13. The molecular formula is C19H12FN3OS. The number of fused-ring (bicyclic) bond motifs is 1. The van der Waals surface area contributed by atoms with Crippen LogP contribution in [0.4, 0.5) is 10.1 Å². The molecule has 0 spiro atoms. The number of para-hydroxylation sites is 2. The van der Waals surface area contributed by atoms with Gasteiger partial charge in [-0.1, -0.05) is 24.3 Å². The Labute approximate surface area is 147 Å². The zero-order valence-electron chi connectivity index (χ0n) is 12.9. The van der Waals surface area contributed by atoms with E-state index >= 15 is 0 Å². The van der Waals surface area contributed by atoms with E-state index in [9.17, 15) is 9.18 Å². The molecule has 0 bridgehead atoms. The van der Waals surface area contributed by atoms with Gasteiger partial charge < -0.3 is 5.32 Å². The van der Waals surface area contributed by atoms with Gasteiger partial charge in [0.15, 0.2) is 0 Å². The first-order valence-electron chi connectivity index (χ1n) is 7.57. The largest absolute Gasteiger partial charge is 0.321 e. The van der Waals surface area contributed by atoms with Gasteiger partial charge in [-0.2, -0.15) is 0 Å². The highest BCUT2D eigenvalue weighted by molar-refractivity contribution is 7.21. The second kappa shape index (κ2) is 6.41. The number of hydrogen-bond donors (Lipinski definition) is 1. The number of hydrogen-bond acceptors (Lipinski definition) is 4. The van der Waals surface area contributed by atoms with Crippen molar-refractivity contribution in [1.82, 2.24) is 9.97 Å². The maximum atomic E-state index is 13.3. The second-order valence-corrected chi connectivity index (χ2v) is 6.41. The molecule has 0 radical (unpaired) electrons. The fourth-order valence-electron chi connectivity index (χ4n) is 2.50. The highest BCUT2D eigenvalue weighted by Gasteiger charge is 2.14. The molecule has 122 valence electrons. The van der Waals surface area contributed by atoms with Crippen LogP contribution in [0, 0.1) is 5.82 Å². The van der Waals surface area contributed by atoms with E-state index in [4.69, 9.17) is 0 Å². The average molecular weight is 349 g/mol. The van der Waals surface area contributed by atoms with Gasteiger partial charge in [-0.3, -0.25) is 9.78 Å². The number of amides is 1. The van der Waals surface area contributed by atoms with E-state index < -0.39 is 11.7 Å². The Kier molecular flexibility index (Phi) is 3.95. The Hall–Kier alpha value is -3.12. The van der Waals surface area contributed by atoms with Gasteiger partial charge in [0, 0.05) is 11.8 Å². The monoisotopic (exact) mass is 349 g/mol. The van der Waals surface area contributed by atoms with Crippen LogP contribution in [0.15, 0.2) is 67.0 Å². The van der Waals surface area contributed by atoms with E-state index in [1.54, 1.807) is 17.4 Å². The van der Waals surface area contributed by atoms with Gasteiger partial charge in [0.25, 0.3) is 5.91 Å². The van der Waals surface area contributed by atoms with Crippen molar-refractivity contribution in [3.63, 3.8) is 0 Å². The third kappa shape index (κ3) is 3.12. The molecule has 1 N–H and O–H groups in total. The second-order valence-electron chi connectivity index (χ2n) is 5.38. The number of carbonyl (C=O) groups is 1. The van der Waals surface area contributed by atoms with Gasteiger partial charge >= 0.3 is 0 Å². The summed E-state index contributed by atoms with van der Waals surface area (Å²) in [7, 11) is 0. The lowest BCUT2D eigenvalue weighted by atomic mass is 10.1. The van der Waals surface area contributed by atoms with Crippen molar-refractivity contribution in [1.29, 1.82) is 0 Å². The Morgan fingerprint density at radius 3 is 2.68 bits per heavy atom. The molecule has 0 unspecified atom stereocenters. The number of anilines is 1. The van der Waals surface area contributed by atoms with Gasteiger partial charge in [-0.05, 0) is 30.3 Å². The first-order valence-corrected chi connectivity index (χ1v) is 8.39. The molecule has 1 amide bonds. The summed E-state index contributed by atoms with van der Waals surface area (Å²) in [5, 5.41) is 3.63. The zero-order chi connectivity index (χ0) is 17.2. The van der Waals surface area contributed by atoms with Crippen molar-refractivity contribution in [2.45, 2.75) is 0 Å². The quantitative estimate of drug-likeness (QED) is 0.581. The average Bonchev–Trinajstić information content (AvgIpc) is 3.06. The van der Waals surface area contributed by atoms with Crippen molar-refractivity contribution >= 4 is 33.1 Å². The third-order valence-corrected chi connectivity index (χ3v) is 4.74. The van der Waals surface area contributed by atoms with E-state index in [0.29, 0.717) is 5.69 Å². The molecule has 0 saturated heterocycles. The number of thiazole rings is 1. The van der Waals surface area contributed by atoms with Crippen LogP contribution in [0.5, 0.6) is 0 Å². The summed E-state index contributed by atoms with van der Waals surface area (Å²) < 4.78 is 14.4. The zero-order valence-corrected chi connectivity index (χ0v) is 13.8. The number of aromatic nitrogens is 2. The Bertz CT molecular complexity index is 1040. The molecule has 0 aliphatic heterocycles. The molecule has 4 rings (SSSR count). The van der Waals surface area contributed by atoms with Crippen molar-refractivity contribution in [3.8, 4) is 10.6 Å². The summed E-state index contributed by atoms with van der Waals surface area (Å²) in [6.45, 7) is 0. The Balaban J connectivity index is 1.70. The highest BCUT2D eigenvalue weighted by atomic mass is 32.1. The summed E-state index contributed by atoms with van der Waals surface area (Å²) in [5.74, 6) is -0.965. The number of rotatable bonds is 3. The molecule has 0 atom stereocenters. The van der Waals surface area contributed by atoms with Gasteiger partial charge in [-0.15, -0.1) is 11.3 Å². The minimum atomic E-state index is -0.549. The smallest absolute Gasteiger partial charge is 0.257 e. The van der Waals surface area contributed by atoms with Crippen LogP contribution in [-0.2, 0) is 0 Å². The normalized spacial score (nSPS) is 10.8. The van der Waals surface area contributed by atoms with Gasteiger partial charge in [-0.25, -0.2) is 9.37 Å². The molecule has 2 aromatic heterocycles. The maximum Gasteiger partial charge on any atom is 0.257 e. The van der Waals surface area contributed by atoms with Crippen molar-refractivity contribution < 1.29 is 9.18 Å². The Morgan fingerprint density at radius 1 is 1.04 bits per heavy atom. The summed E-state index contributed by atoms with van der Waals surface area (Å²) in [6, 6.07) is 16.4. The van der Waals surface area contributed by atoms with Crippen LogP contribution < -0.4 is 5.32 Å². The molecule has 4 aromatic rings. The van der Waals surface area contributed by atoms with Crippen LogP contribution in [0.25, 0.3) is 20.8 Å². The maximum absolute atomic E-state index is 13.3. The first kappa shape index (κ1) is 15.4. The molecule has 2 aromatic carbocycles. The van der Waals surface area contributed by atoms with E-state index in [0.717, 1.165) is 33.1 Å². The van der Waals surface area contributed by atoms with Crippen molar-refractivity contribution in [3.05, 3.63) is 78.4 Å². The van der Waals surface area contributed by atoms with Gasteiger partial charge in [0.05, 0.1) is 27.7 Å². The molecular weight excluding hydrogens is 337 g/mol. The van der Waals surface area contributed by atoms with Crippen LogP contribution >= 0.6 is 11.3 Å². The molecule has 0 saturated carbocycles. The summed E-state index contributed by atoms with van der Waals surface area (Å²) in [6.07, 6.45) is 2.39. The fraction of sp³-hybridized carbons (Fsp3) is 0. The van der Waals surface area contributed by atoms with Crippen molar-refractivity contribution in [2.24, 2.45) is 0 Å². The number of benzene rings is 2. The number of carbonyl (C=O) groups excluding carboxylic acids is 1. The number of pyridine rings is 1. The molecule has 0 aliphatic rings. The van der Waals surface area contributed by atoms with Crippen LogP contribution in [0.3, 0.4) is 0 Å². The topological polar surface area (TPSA) is 54.9 Å². The van der Waals surface area contributed by atoms with Crippen molar-refractivity contribution in [2.75, 3.05) is 5.32 Å². The standard InChI is InChI=1S/C19H12FN3OS/c20-13-9-12(10-21-11-13)18(24)22-15-6-2-1-5-14(15)19-23-16-7-3-4-8-17(16)25-19/h1-11H,(H,22,24). The summed E-state index contributed by atoms with van der Waals surface area (Å²) in [5.41, 5.74) is 2.52. The van der Waals surface area contributed by atoms with E-state index in [1.165, 1.54) is 6.20 Å².